The maximum absolute atomic E-state index is 8.49. The summed E-state index contributed by atoms with van der Waals surface area (Å²) in [6.45, 7) is 4.71. The van der Waals surface area contributed by atoms with Crippen molar-refractivity contribution in [3.63, 3.8) is 0 Å². The molecular weight excluding hydrogens is 136 g/mol. The van der Waals surface area contributed by atoms with Gasteiger partial charge in [0.25, 0.3) is 0 Å². The van der Waals surface area contributed by atoms with E-state index in [4.69, 9.17) is 5.11 Å². The summed E-state index contributed by atoms with van der Waals surface area (Å²) in [5, 5.41) is 8.49. The lowest BCUT2D eigenvalue weighted by atomic mass is 10.1. The van der Waals surface area contributed by atoms with Crippen molar-refractivity contribution in [1.82, 2.24) is 0 Å². The molecule has 11 heavy (non-hydrogen) atoms. The summed E-state index contributed by atoms with van der Waals surface area (Å²) in [5.74, 6) is 0.674. The van der Waals surface area contributed by atoms with Crippen LogP contribution < -0.4 is 0 Å². The Morgan fingerprint density at radius 2 is 1.91 bits per heavy atom. The molecule has 0 saturated heterocycles. The van der Waals surface area contributed by atoms with Gasteiger partial charge in [0, 0.05) is 6.61 Å². The number of allylic oxidation sites excluding steroid dienone is 2. The average Bonchev–Trinajstić information content (AvgIpc) is 1.96. The van der Waals surface area contributed by atoms with Crippen LogP contribution in [-0.4, -0.2) is 11.7 Å². The molecule has 0 spiro atoms. The van der Waals surface area contributed by atoms with Crippen LogP contribution in [0.1, 0.15) is 39.5 Å². The Bertz CT molecular complexity index is 95.0. The Kier molecular flexibility index (Phi) is 7.59. The fourth-order valence-electron chi connectivity index (χ4n) is 0.919. The second kappa shape index (κ2) is 7.80. The molecule has 1 heteroatoms. The molecule has 1 nitrogen and oxygen atoms in total. The first-order chi connectivity index (χ1) is 5.27. The largest absolute Gasteiger partial charge is 0.396 e. The summed E-state index contributed by atoms with van der Waals surface area (Å²) in [5.41, 5.74) is 0. The third-order valence-corrected chi connectivity index (χ3v) is 1.55. The molecule has 0 aliphatic rings. The number of hydrogen-bond donors (Lipinski definition) is 1. The Balaban J connectivity index is 3.01. The number of aliphatic hydroxyl groups is 1. The van der Waals surface area contributed by atoms with Crippen LogP contribution in [0.4, 0.5) is 0 Å². The third kappa shape index (κ3) is 9.70. The maximum atomic E-state index is 8.49. The molecule has 0 aliphatic carbocycles. The van der Waals surface area contributed by atoms with Gasteiger partial charge < -0.3 is 5.11 Å². The van der Waals surface area contributed by atoms with Crippen molar-refractivity contribution in [2.24, 2.45) is 5.92 Å². The second-order valence-corrected chi connectivity index (χ2v) is 3.25. The average molecular weight is 156 g/mol. The van der Waals surface area contributed by atoms with Crippen LogP contribution >= 0.6 is 0 Å². The molecular formula is C10H20O. The molecule has 66 valence electrons. The highest BCUT2D eigenvalue weighted by atomic mass is 16.2. The Morgan fingerprint density at radius 3 is 2.45 bits per heavy atom. The molecule has 0 aliphatic heterocycles. The molecule has 0 fully saturated rings. The van der Waals surface area contributed by atoms with E-state index in [-0.39, 0.29) is 0 Å². The monoisotopic (exact) mass is 156 g/mol. The van der Waals surface area contributed by atoms with Crippen molar-refractivity contribution in [3.05, 3.63) is 12.2 Å². The van der Waals surface area contributed by atoms with Gasteiger partial charge in [-0.05, 0) is 25.2 Å². The Hall–Kier alpha value is -0.300. The van der Waals surface area contributed by atoms with Crippen LogP contribution in [0.25, 0.3) is 0 Å². The van der Waals surface area contributed by atoms with E-state index in [1.807, 2.05) is 0 Å². The minimum absolute atomic E-state index is 0.341. The number of hydrogen-bond acceptors (Lipinski definition) is 1. The standard InChI is InChI=1S/C10H20O/c1-10(2)8-6-4-3-5-7-9-11/h6,8,10-11H,3-5,7,9H2,1-2H3/b8-6-. The van der Waals surface area contributed by atoms with E-state index in [1.54, 1.807) is 0 Å². The summed E-state index contributed by atoms with van der Waals surface area (Å²) in [4.78, 5) is 0. The highest BCUT2D eigenvalue weighted by Crippen LogP contribution is 2.02. The quantitative estimate of drug-likeness (QED) is 0.463. The van der Waals surface area contributed by atoms with Gasteiger partial charge in [-0.25, -0.2) is 0 Å². The Morgan fingerprint density at radius 1 is 1.18 bits per heavy atom. The predicted octanol–water partition coefficient (Wildman–Crippen LogP) is 2.75. The van der Waals surface area contributed by atoms with Gasteiger partial charge in [-0.3, -0.25) is 0 Å². The number of rotatable bonds is 6. The van der Waals surface area contributed by atoms with Crippen LogP contribution in [0.15, 0.2) is 12.2 Å². The van der Waals surface area contributed by atoms with E-state index in [1.165, 1.54) is 6.42 Å². The van der Waals surface area contributed by atoms with E-state index >= 15 is 0 Å². The fourth-order valence-corrected chi connectivity index (χ4v) is 0.919. The number of aliphatic hydroxyl groups excluding tert-OH is 1. The van der Waals surface area contributed by atoms with E-state index in [9.17, 15) is 0 Å². The molecule has 0 aromatic heterocycles. The molecule has 0 amide bonds. The molecule has 0 radical (unpaired) electrons. The normalized spacial score (nSPS) is 11.6. The molecule has 0 unspecified atom stereocenters. The zero-order valence-electron chi connectivity index (χ0n) is 7.71. The van der Waals surface area contributed by atoms with Crippen molar-refractivity contribution >= 4 is 0 Å². The first kappa shape index (κ1) is 10.7. The van der Waals surface area contributed by atoms with Crippen LogP contribution in [0.2, 0.25) is 0 Å². The minimum atomic E-state index is 0.341. The van der Waals surface area contributed by atoms with Crippen molar-refractivity contribution < 1.29 is 5.11 Å². The van der Waals surface area contributed by atoms with E-state index < -0.39 is 0 Å². The van der Waals surface area contributed by atoms with Gasteiger partial charge in [0.15, 0.2) is 0 Å². The van der Waals surface area contributed by atoms with Gasteiger partial charge in [0.2, 0.25) is 0 Å². The molecule has 1 N–H and O–H groups in total. The van der Waals surface area contributed by atoms with Crippen LogP contribution in [0.5, 0.6) is 0 Å². The van der Waals surface area contributed by atoms with Crippen LogP contribution in [0.3, 0.4) is 0 Å². The minimum Gasteiger partial charge on any atom is -0.396 e. The SMILES string of the molecule is CC(C)/C=C\CCCCCO. The predicted molar refractivity (Wildman–Crippen MR) is 49.5 cm³/mol. The third-order valence-electron chi connectivity index (χ3n) is 1.55. The summed E-state index contributed by atoms with van der Waals surface area (Å²) in [7, 11) is 0. The Labute approximate surface area is 70.1 Å². The lowest BCUT2D eigenvalue weighted by molar-refractivity contribution is 0.283. The summed E-state index contributed by atoms with van der Waals surface area (Å²) >= 11 is 0. The van der Waals surface area contributed by atoms with Gasteiger partial charge in [0.1, 0.15) is 0 Å². The molecule has 0 aromatic carbocycles. The molecule has 0 atom stereocenters. The van der Waals surface area contributed by atoms with E-state index in [2.05, 4.69) is 26.0 Å². The van der Waals surface area contributed by atoms with Crippen molar-refractivity contribution in [2.75, 3.05) is 6.61 Å². The molecule has 0 rings (SSSR count). The first-order valence-corrected chi connectivity index (χ1v) is 4.55. The van der Waals surface area contributed by atoms with Gasteiger partial charge in [-0.15, -0.1) is 0 Å². The zero-order chi connectivity index (χ0) is 8.53. The zero-order valence-corrected chi connectivity index (χ0v) is 7.71. The molecule has 0 aromatic rings. The smallest absolute Gasteiger partial charge is 0.0431 e. The summed E-state index contributed by atoms with van der Waals surface area (Å²) in [6, 6.07) is 0. The highest BCUT2D eigenvalue weighted by molar-refractivity contribution is 4.83. The van der Waals surface area contributed by atoms with Gasteiger partial charge >= 0.3 is 0 Å². The fraction of sp³-hybridized carbons (Fsp3) is 0.800. The lowest BCUT2D eigenvalue weighted by Gasteiger charge is -1.95. The molecule has 0 saturated carbocycles. The van der Waals surface area contributed by atoms with E-state index in [0.717, 1.165) is 19.3 Å². The topological polar surface area (TPSA) is 20.2 Å². The molecule has 0 bridgehead atoms. The van der Waals surface area contributed by atoms with Crippen molar-refractivity contribution in [1.29, 1.82) is 0 Å². The van der Waals surface area contributed by atoms with Gasteiger partial charge in [-0.2, -0.15) is 0 Å². The molecule has 0 heterocycles. The maximum Gasteiger partial charge on any atom is 0.0431 e. The van der Waals surface area contributed by atoms with Gasteiger partial charge in [-0.1, -0.05) is 32.4 Å². The first-order valence-electron chi connectivity index (χ1n) is 4.55. The second-order valence-electron chi connectivity index (χ2n) is 3.25. The summed E-state index contributed by atoms with van der Waals surface area (Å²) < 4.78 is 0. The number of unbranched alkanes of at least 4 members (excludes halogenated alkanes) is 3. The van der Waals surface area contributed by atoms with Crippen LogP contribution in [-0.2, 0) is 0 Å². The van der Waals surface area contributed by atoms with Crippen LogP contribution in [0, 0.1) is 5.92 Å². The highest BCUT2D eigenvalue weighted by Gasteiger charge is 1.86. The van der Waals surface area contributed by atoms with Gasteiger partial charge in [0.05, 0.1) is 0 Å². The lowest BCUT2D eigenvalue weighted by Crippen LogP contribution is -1.82. The van der Waals surface area contributed by atoms with Crippen molar-refractivity contribution in [3.8, 4) is 0 Å². The van der Waals surface area contributed by atoms with E-state index in [0.29, 0.717) is 12.5 Å². The summed E-state index contributed by atoms with van der Waals surface area (Å²) in [6.07, 6.45) is 8.96. The van der Waals surface area contributed by atoms with Crippen molar-refractivity contribution in [2.45, 2.75) is 39.5 Å².